The Morgan fingerprint density at radius 3 is 0.759 bits per heavy atom. The Bertz CT molecular complexity index is 1570. The highest BCUT2D eigenvalue weighted by Crippen LogP contribution is 2.18. The van der Waals surface area contributed by atoms with Crippen molar-refractivity contribution in [2.45, 2.75) is 374 Å². The standard InChI is InChI=1S/C77H136O6/c1-4-7-10-13-16-19-22-24-26-28-30-31-32-33-34-35-36-37-38-39-40-41-42-43-44-45-47-48-50-52-55-58-61-64-67-70-76(79)82-73-74(72-81-75(78)69-66-63-60-57-54-21-18-15-12-9-6-3)83-77(80)71-68-65-62-59-56-53-51-49-46-29-27-25-23-20-17-14-11-8-5-2/h7,10,16-17,19-20,24-27,30-31,33-34,74H,4-6,8-9,11-15,18,21-23,28-29,32,35-73H2,1-3H3/b10-7-,19-16-,20-17-,26-24-,27-25-,31-30-,34-33-. The maximum absolute atomic E-state index is 12.9. The Balaban J connectivity index is 4.10. The highest BCUT2D eigenvalue weighted by Gasteiger charge is 2.19. The van der Waals surface area contributed by atoms with Gasteiger partial charge in [0, 0.05) is 19.3 Å². The molecule has 0 heterocycles. The molecule has 0 aromatic heterocycles. The first-order valence-corrected chi connectivity index (χ1v) is 36.1. The summed E-state index contributed by atoms with van der Waals surface area (Å²) in [5.74, 6) is -0.855. The van der Waals surface area contributed by atoms with E-state index in [0.717, 1.165) is 96.3 Å². The van der Waals surface area contributed by atoms with E-state index in [1.54, 1.807) is 0 Å². The van der Waals surface area contributed by atoms with Gasteiger partial charge in [0.25, 0.3) is 0 Å². The highest BCUT2D eigenvalue weighted by atomic mass is 16.6. The predicted octanol–water partition coefficient (Wildman–Crippen LogP) is 25.0. The molecule has 480 valence electrons. The number of esters is 3. The van der Waals surface area contributed by atoms with Gasteiger partial charge in [-0.2, -0.15) is 0 Å². The summed E-state index contributed by atoms with van der Waals surface area (Å²) in [6.45, 7) is 6.54. The summed E-state index contributed by atoms with van der Waals surface area (Å²) in [6.07, 6.45) is 94.8. The largest absolute Gasteiger partial charge is 0.462 e. The van der Waals surface area contributed by atoms with Gasteiger partial charge < -0.3 is 14.2 Å². The van der Waals surface area contributed by atoms with Gasteiger partial charge in [-0.3, -0.25) is 14.4 Å². The molecule has 0 aliphatic rings. The third kappa shape index (κ3) is 69.3. The van der Waals surface area contributed by atoms with Gasteiger partial charge in [0.2, 0.25) is 0 Å². The van der Waals surface area contributed by atoms with Crippen LogP contribution in [0.15, 0.2) is 85.1 Å². The molecule has 0 N–H and O–H groups in total. The normalized spacial score (nSPS) is 12.6. The maximum atomic E-state index is 12.9. The van der Waals surface area contributed by atoms with Crippen LogP contribution in [0.25, 0.3) is 0 Å². The molecule has 1 unspecified atom stereocenters. The first kappa shape index (κ1) is 79.6. The van der Waals surface area contributed by atoms with Gasteiger partial charge in [-0.15, -0.1) is 0 Å². The van der Waals surface area contributed by atoms with Crippen molar-refractivity contribution in [2.75, 3.05) is 13.2 Å². The minimum Gasteiger partial charge on any atom is -0.462 e. The van der Waals surface area contributed by atoms with E-state index < -0.39 is 6.10 Å². The van der Waals surface area contributed by atoms with Crippen molar-refractivity contribution in [1.82, 2.24) is 0 Å². The van der Waals surface area contributed by atoms with Gasteiger partial charge >= 0.3 is 17.9 Å². The fourth-order valence-corrected chi connectivity index (χ4v) is 10.5. The summed E-state index contributed by atoms with van der Waals surface area (Å²) < 4.78 is 17.0. The Labute approximate surface area is 515 Å². The number of carbonyl (C=O) groups is 3. The molecular weight excluding hydrogens is 1020 g/mol. The van der Waals surface area contributed by atoms with Crippen LogP contribution in [0.1, 0.15) is 367 Å². The van der Waals surface area contributed by atoms with Gasteiger partial charge in [0.05, 0.1) is 0 Å². The lowest BCUT2D eigenvalue weighted by Crippen LogP contribution is -2.30. The third-order valence-corrected chi connectivity index (χ3v) is 15.9. The molecule has 6 heteroatoms. The Kier molecular flexibility index (Phi) is 68.2. The van der Waals surface area contributed by atoms with Crippen LogP contribution in [-0.4, -0.2) is 37.2 Å². The summed E-state index contributed by atoms with van der Waals surface area (Å²) in [7, 11) is 0. The zero-order chi connectivity index (χ0) is 59.9. The van der Waals surface area contributed by atoms with Crippen molar-refractivity contribution in [1.29, 1.82) is 0 Å². The Morgan fingerprint density at radius 2 is 0.470 bits per heavy atom. The molecule has 0 saturated heterocycles. The predicted molar refractivity (Wildman–Crippen MR) is 362 cm³/mol. The number of ether oxygens (including phenoxy) is 3. The number of hydrogen-bond donors (Lipinski definition) is 0. The van der Waals surface area contributed by atoms with Crippen molar-refractivity contribution >= 4 is 17.9 Å². The summed E-state index contributed by atoms with van der Waals surface area (Å²) in [6, 6.07) is 0. The average Bonchev–Trinajstić information content (AvgIpc) is 3.48. The van der Waals surface area contributed by atoms with Gasteiger partial charge in [0.1, 0.15) is 13.2 Å². The minimum absolute atomic E-state index is 0.0717. The molecule has 0 spiro atoms. The van der Waals surface area contributed by atoms with E-state index >= 15 is 0 Å². The number of rotatable bonds is 66. The number of unbranched alkanes of at least 4 members (excludes halogenated alkanes) is 41. The van der Waals surface area contributed by atoms with Crippen molar-refractivity contribution in [3.05, 3.63) is 85.1 Å². The van der Waals surface area contributed by atoms with Crippen LogP contribution in [0, 0.1) is 0 Å². The van der Waals surface area contributed by atoms with Crippen molar-refractivity contribution < 1.29 is 28.6 Å². The van der Waals surface area contributed by atoms with Crippen LogP contribution in [0.3, 0.4) is 0 Å². The molecule has 0 amide bonds. The minimum atomic E-state index is -0.775. The topological polar surface area (TPSA) is 78.9 Å². The third-order valence-electron chi connectivity index (χ3n) is 15.9. The van der Waals surface area contributed by atoms with E-state index in [2.05, 4.69) is 106 Å². The van der Waals surface area contributed by atoms with Crippen molar-refractivity contribution in [3.63, 3.8) is 0 Å². The molecule has 0 saturated carbocycles. The molecule has 0 radical (unpaired) electrons. The molecule has 1 atom stereocenters. The van der Waals surface area contributed by atoms with Crippen LogP contribution in [0.5, 0.6) is 0 Å². The SMILES string of the molecule is CC/C=C\C/C=C\C/C=C\C/C=C\C/C=C\CCCCCCCCCCCCCCCCCCCCCC(=O)OCC(COC(=O)CCCCCCCCCCCCC)OC(=O)CCCCCCCCCCC/C=C\C/C=C\CCCCC. The molecule has 0 aromatic carbocycles. The van der Waals surface area contributed by atoms with Crippen LogP contribution < -0.4 is 0 Å². The van der Waals surface area contributed by atoms with Crippen LogP contribution in [0.2, 0.25) is 0 Å². The van der Waals surface area contributed by atoms with E-state index in [0.29, 0.717) is 19.3 Å². The fraction of sp³-hybridized carbons (Fsp3) is 0.779. The van der Waals surface area contributed by atoms with Gasteiger partial charge in [0.15, 0.2) is 6.10 Å². The summed E-state index contributed by atoms with van der Waals surface area (Å²) in [4.78, 5) is 38.4. The van der Waals surface area contributed by atoms with E-state index in [1.807, 2.05) is 0 Å². The average molecular weight is 1160 g/mol. The lowest BCUT2D eigenvalue weighted by atomic mass is 10.0. The van der Waals surface area contributed by atoms with E-state index in [1.165, 1.54) is 231 Å². The number of carbonyl (C=O) groups excluding carboxylic acids is 3. The number of hydrogen-bond acceptors (Lipinski definition) is 6. The lowest BCUT2D eigenvalue weighted by molar-refractivity contribution is -0.167. The quantitative estimate of drug-likeness (QED) is 0.0261. The van der Waals surface area contributed by atoms with Crippen LogP contribution in [0.4, 0.5) is 0 Å². The molecule has 0 rings (SSSR count). The molecular formula is C77H136O6. The molecule has 0 bridgehead atoms. The van der Waals surface area contributed by atoms with Crippen molar-refractivity contribution in [2.24, 2.45) is 0 Å². The second-order valence-electron chi connectivity index (χ2n) is 24.1. The smallest absolute Gasteiger partial charge is 0.306 e. The first-order chi connectivity index (χ1) is 41.0. The van der Waals surface area contributed by atoms with E-state index in [4.69, 9.17) is 14.2 Å². The number of allylic oxidation sites excluding steroid dienone is 14. The zero-order valence-corrected chi connectivity index (χ0v) is 55.2. The molecule has 83 heavy (non-hydrogen) atoms. The van der Waals surface area contributed by atoms with Crippen LogP contribution >= 0.6 is 0 Å². The lowest BCUT2D eigenvalue weighted by Gasteiger charge is -2.18. The van der Waals surface area contributed by atoms with E-state index in [-0.39, 0.29) is 31.1 Å². The zero-order valence-electron chi connectivity index (χ0n) is 55.2. The summed E-state index contributed by atoms with van der Waals surface area (Å²) >= 11 is 0. The molecule has 6 nitrogen and oxygen atoms in total. The van der Waals surface area contributed by atoms with Crippen LogP contribution in [-0.2, 0) is 28.6 Å². The van der Waals surface area contributed by atoms with Gasteiger partial charge in [-0.05, 0) is 96.3 Å². The second-order valence-corrected chi connectivity index (χ2v) is 24.1. The first-order valence-electron chi connectivity index (χ1n) is 36.1. The van der Waals surface area contributed by atoms with E-state index in [9.17, 15) is 14.4 Å². The summed E-state index contributed by atoms with van der Waals surface area (Å²) in [5.41, 5.74) is 0. The fourth-order valence-electron chi connectivity index (χ4n) is 10.5. The highest BCUT2D eigenvalue weighted by molar-refractivity contribution is 5.71. The molecule has 0 fully saturated rings. The second kappa shape index (κ2) is 71.1. The van der Waals surface area contributed by atoms with Crippen molar-refractivity contribution in [3.8, 4) is 0 Å². The molecule has 0 aliphatic carbocycles. The summed E-state index contributed by atoms with van der Waals surface area (Å²) in [5, 5.41) is 0. The Morgan fingerprint density at radius 1 is 0.253 bits per heavy atom. The molecule has 0 aliphatic heterocycles. The molecule has 0 aromatic rings. The monoisotopic (exact) mass is 1160 g/mol. The van der Waals surface area contributed by atoms with Gasteiger partial charge in [-0.25, -0.2) is 0 Å². The maximum Gasteiger partial charge on any atom is 0.306 e. The van der Waals surface area contributed by atoms with Gasteiger partial charge in [-0.1, -0.05) is 337 Å². The Hall–Kier alpha value is -3.41.